The molecule has 0 radical (unpaired) electrons. The number of anilines is 1. The lowest BCUT2D eigenvalue weighted by Gasteiger charge is -2.28. The van der Waals surface area contributed by atoms with Crippen LogP contribution in [-0.4, -0.2) is 34.3 Å². The van der Waals surface area contributed by atoms with Gasteiger partial charge in [0.2, 0.25) is 5.82 Å². The maximum atomic E-state index is 11.0. The van der Waals surface area contributed by atoms with Gasteiger partial charge in [0, 0.05) is 18.7 Å². The lowest BCUT2D eigenvalue weighted by atomic mass is 9.97. The summed E-state index contributed by atoms with van der Waals surface area (Å²) in [4.78, 5) is 17.3. The number of rotatable bonds is 3. The lowest BCUT2D eigenvalue weighted by molar-refractivity contribution is -0.142. The molecule has 0 aliphatic carbocycles. The molecule has 3 rings (SSSR count). The van der Waals surface area contributed by atoms with Gasteiger partial charge >= 0.3 is 12.0 Å². The molecule has 1 saturated heterocycles. The van der Waals surface area contributed by atoms with Crippen molar-refractivity contribution in [2.75, 3.05) is 18.0 Å². The molecule has 6 nitrogen and oxygen atoms in total. The Hall–Kier alpha value is -2.37. The standard InChI is InChI=1S/C15H17N3O3/c1-10-4-2-3-5-12(10)13-16-15(21-17-13)18-8-6-11(7-9-18)14(19)20/h2-5,11H,6-9H2,1H3,(H,19,20). The fourth-order valence-electron chi connectivity index (χ4n) is 2.59. The molecule has 0 amide bonds. The summed E-state index contributed by atoms with van der Waals surface area (Å²) < 4.78 is 5.33. The van der Waals surface area contributed by atoms with Crippen LogP contribution in [-0.2, 0) is 4.79 Å². The molecule has 0 spiro atoms. The lowest BCUT2D eigenvalue weighted by Crippen LogP contribution is -2.36. The number of piperidine rings is 1. The molecule has 2 aromatic rings. The third kappa shape index (κ3) is 2.74. The average Bonchev–Trinajstić information content (AvgIpc) is 2.97. The Bertz CT molecular complexity index is 645. The van der Waals surface area contributed by atoms with Gasteiger partial charge in [-0.3, -0.25) is 4.79 Å². The van der Waals surface area contributed by atoms with E-state index in [1.54, 1.807) is 0 Å². The van der Waals surface area contributed by atoms with Crippen molar-refractivity contribution in [3.63, 3.8) is 0 Å². The highest BCUT2D eigenvalue weighted by Gasteiger charge is 2.27. The minimum absolute atomic E-state index is 0.264. The molecule has 1 fully saturated rings. The zero-order chi connectivity index (χ0) is 14.8. The normalized spacial score (nSPS) is 16.1. The SMILES string of the molecule is Cc1ccccc1-c1noc(N2CCC(C(=O)O)CC2)n1. The molecule has 1 N–H and O–H groups in total. The van der Waals surface area contributed by atoms with Crippen LogP contribution in [0.2, 0.25) is 0 Å². The fourth-order valence-corrected chi connectivity index (χ4v) is 2.59. The summed E-state index contributed by atoms with van der Waals surface area (Å²) in [6.45, 7) is 3.27. The largest absolute Gasteiger partial charge is 0.481 e. The Kier molecular flexibility index (Phi) is 3.60. The van der Waals surface area contributed by atoms with Crippen LogP contribution >= 0.6 is 0 Å². The number of carboxylic acid groups (broad SMARTS) is 1. The van der Waals surface area contributed by atoms with Gasteiger partial charge in [0.05, 0.1) is 5.92 Å². The van der Waals surface area contributed by atoms with Crippen LogP contribution in [0.4, 0.5) is 6.01 Å². The maximum absolute atomic E-state index is 11.0. The molecule has 6 heteroatoms. The van der Waals surface area contributed by atoms with Crippen LogP contribution in [0, 0.1) is 12.8 Å². The van der Waals surface area contributed by atoms with Gasteiger partial charge < -0.3 is 14.5 Å². The number of carboxylic acids is 1. The van der Waals surface area contributed by atoms with Gasteiger partial charge in [-0.15, -0.1) is 0 Å². The van der Waals surface area contributed by atoms with E-state index in [9.17, 15) is 4.79 Å². The molecule has 0 atom stereocenters. The molecule has 0 bridgehead atoms. The first-order valence-electron chi connectivity index (χ1n) is 7.02. The van der Waals surface area contributed by atoms with Gasteiger partial charge in [0.15, 0.2) is 0 Å². The van der Waals surface area contributed by atoms with Crippen LogP contribution in [0.15, 0.2) is 28.8 Å². The number of hydrogen-bond acceptors (Lipinski definition) is 5. The summed E-state index contributed by atoms with van der Waals surface area (Å²) in [6, 6.07) is 8.34. The van der Waals surface area contributed by atoms with Crippen molar-refractivity contribution < 1.29 is 14.4 Å². The van der Waals surface area contributed by atoms with Crippen molar-refractivity contribution in [3.05, 3.63) is 29.8 Å². The van der Waals surface area contributed by atoms with Gasteiger partial charge in [-0.1, -0.05) is 29.4 Å². The van der Waals surface area contributed by atoms with Crippen molar-refractivity contribution in [2.24, 2.45) is 5.92 Å². The number of aliphatic carboxylic acids is 1. The van der Waals surface area contributed by atoms with E-state index >= 15 is 0 Å². The highest BCUT2D eigenvalue weighted by molar-refractivity contribution is 5.70. The van der Waals surface area contributed by atoms with Crippen LogP contribution in [0.5, 0.6) is 0 Å². The first-order valence-corrected chi connectivity index (χ1v) is 7.02. The van der Waals surface area contributed by atoms with Crippen LogP contribution < -0.4 is 4.90 Å². The summed E-state index contributed by atoms with van der Waals surface area (Å²) in [6.07, 6.45) is 1.22. The van der Waals surface area contributed by atoms with E-state index in [-0.39, 0.29) is 5.92 Å². The number of aryl methyl sites for hydroxylation is 1. The first kappa shape index (κ1) is 13.6. The Morgan fingerprint density at radius 3 is 2.71 bits per heavy atom. The van der Waals surface area contributed by atoms with E-state index in [2.05, 4.69) is 10.1 Å². The van der Waals surface area contributed by atoms with Crippen LogP contribution in [0.1, 0.15) is 18.4 Å². The summed E-state index contributed by atoms with van der Waals surface area (Å²) >= 11 is 0. The van der Waals surface area contributed by atoms with E-state index < -0.39 is 5.97 Å². The summed E-state index contributed by atoms with van der Waals surface area (Å²) in [5.74, 6) is -0.413. The fraction of sp³-hybridized carbons (Fsp3) is 0.400. The topological polar surface area (TPSA) is 79.5 Å². The minimum atomic E-state index is -0.722. The predicted molar refractivity (Wildman–Crippen MR) is 77.0 cm³/mol. The van der Waals surface area contributed by atoms with Crippen molar-refractivity contribution in [1.82, 2.24) is 10.1 Å². The van der Waals surface area contributed by atoms with E-state index in [0.717, 1.165) is 11.1 Å². The van der Waals surface area contributed by atoms with E-state index in [1.807, 2.05) is 36.1 Å². The summed E-state index contributed by atoms with van der Waals surface area (Å²) in [5.41, 5.74) is 2.04. The monoisotopic (exact) mass is 287 g/mol. The van der Waals surface area contributed by atoms with Gasteiger partial charge in [-0.2, -0.15) is 4.98 Å². The summed E-state index contributed by atoms with van der Waals surface area (Å²) in [5, 5.41) is 13.0. The zero-order valence-corrected chi connectivity index (χ0v) is 11.8. The number of benzene rings is 1. The number of nitrogens with zero attached hydrogens (tertiary/aromatic N) is 3. The second kappa shape index (κ2) is 5.55. The molecule has 21 heavy (non-hydrogen) atoms. The molecular formula is C15H17N3O3. The van der Waals surface area contributed by atoms with Crippen molar-refractivity contribution in [1.29, 1.82) is 0 Å². The highest BCUT2D eigenvalue weighted by Crippen LogP contribution is 2.26. The molecule has 2 heterocycles. The Balaban J connectivity index is 1.74. The van der Waals surface area contributed by atoms with Crippen molar-refractivity contribution in [2.45, 2.75) is 19.8 Å². The first-order chi connectivity index (χ1) is 10.1. The Morgan fingerprint density at radius 1 is 1.33 bits per heavy atom. The van der Waals surface area contributed by atoms with Crippen molar-refractivity contribution in [3.8, 4) is 11.4 Å². The Labute approximate surface area is 122 Å². The molecule has 0 saturated carbocycles. The summed E-state index contributed by atoms with van der Waals surface area (Å²) in [7, 11) is 0. The van der Waals surface area contributed by atoms with E-state index in [0.29, 0.717) is 37.8 Å². The molecule has 0 unspecified atom stereocenters. The minimum Gasteiger partial charge on any atom is -0.481 e. The zero-order valence-electron chi connectivity index (χ0n) is 11.8. The second-order valence-corrected chi connectivity index (χ2v) is 5.32. The van der Waals surface area contributed by atoms with Gasteiger partial charge in [-0.25, -0.2) is 0 Å². The average molecular weight is 287 g/mol. The molecule has 110 valence electrons. The van der Waals surface area contributed by atoms with Gasteiger partial charge in [0.25, 0.3) is 0 Å². The van der Waals surface area contributed by atoms with Gasteiger partial charge in [0.1, 0.15) is 0 Å². The van der Waals surface area contributed by atoms with Gasteiger partial charge in [-0.05, 0) is 25.3 Å². The van der Waals surface area contributed by atoms with Crippen LogP contribution in [0.3, 0.4) is 0 Å². The molecular weight excluding hydrogens is 270 g/mol. The molecule has 1 aromatic carbocycles. The quantitative estimate of drug-likeness (QED) is 0.933. The predicted octanol–water partition coefficient (Wildman–Crippen LogP) is 2.35. The molecule has 1 aromatic heterocycles. The highest BCUT2D eigenvalue weighted by atomic mass is 16.5. The molecule has 1 aliphatic heterocycles. The number of aromatic nitrogens is 2. The second-order valence-electron chi connectivity index (χ2n) is 5.32. The van der Waals surface area contributed by atoms with Crippen LogP contribution in [0.25, 0.3) is 11.4 Å². The third-order valence-electron chi connectivity index (χ3n) is 3.92. The number of carbonyl (C=O) groups is 1. The van der Waals surface area contributed by atoms with E-state index in [1.165, 1.54) is 0 Å². The van der Waals surface area contributed by atoms with Crippen molar-refractivity contribution >= 4 is 12.0 Å². The maximum Gasteiger partial charge on any atom is 0.324 e. The molecule has 1 aliphatic rings. The Morgan fingerprint density at radius 2 is 2.05 bits per heavy atom. The van der Waals surface area contributed by atoms with E-state index in [4.69, 9.17) is 9.63 Å². The third-order valence-corrected chi connectivity index (χ3v) is 3.92. The number of hydrogen-bond donors (Lipinski definition) is 1. The smallest absolute Gasteiger partial charge is 0.324 e.